The van der Waals surface area contributed by atoms with Gasteiger partial charge in [-0.25, -0.2) is 4.98 Å². The average Bonchev–Trinajstić information content (AvgIpc) is 2.32. The molecule has 0 radical (unpaired) electrons. The van der Waals surface area contributed by atoms with Gasteiger partial charge in [-0.1, -0.05) is 18.2 Å². The second-order valence-electron chi connectivity index (χ2n) is 4.62. The molecule has 1 heterocycles. The Morgan fingerprint density at radius 2 is 1.83 bits per heavy atom. The molecular weight excluding hydrogens is 224 g/mol. The molecule has 18 heavy (non-hydrogen) atoms. The van der Waals surface area contributed by atoms with Gasteiger partial charge in [0.1, 0.15) is 11.9 Å². The molecule has 0 aliphatic carbocycles. The van der Waals surface area contributed by atoms with E-state index in [1.54, 1.807) is 6.20 Å². The number of nitrogens with two attached hydrogens (primary N) is 1. The van der Waals surface area contributed by atoms with Gasteiger partial charge in [0.2, 0.25) is 0 Å². The number of aliphatic hydroxyl groups excluding tert-OH is 1. The van der Waals surface area contributed by atoms with Crippen LogP contribution in [0.25, 0.3) is 0 Å². The van der Waals surface area contributed by atoms with Crippen LogP contribution in [0.1, 0.15) is 33.9 Å². The highest BCUT2D eigenvalue weighted by Gasteiger charge is 2.18. The summed E-state index contributed by atoms with van der Waals surface area (Å²) in [6.07, 6.45) is 0.933. The van der Waals surface area contributed by atoms with Crippen molar-refractivity contribution in [1.82, 2.24) is 4.98 Å². The zero-order chi connectivity index (χ0) is 13.3. The largest absolute Gasteiger partial charge is 0.383 e. The first-order valence-electron chi connectivity index (χ1n) is 5.97. The van der Waals surface area contributed by atoms with E-state index < -0.39 is 6.10 Å². The Hall–Kier alpha value is -1.87. The van der Waals surface area contributed by atoms with E-state index in [-0.39, 0.29) is 0 Å². The summed E-state index contributed by atoms with van der Waals surface area (Å²) in [5.41, 5.74) is 10.7. The molecule has 1 aromatic heterocycles. The molecule has 1 aromatic carbocycles. The highest BCUT2D eigenvalue weighted by molar-refractivity contribution is 5.50. The summed E-state index contributed by atoms with van der Waals surface area (Å²) in [5, 5.41) is 10.5. The Morgan fingerprint density at radius 3 is 2.50 bits per heavy atom. The van der Waals surface area contributed by atoms with Gasteiger partial charge in [0, 0.05) is 11.8 Å². The number of aryl methyl sites for hydroxylation is 2. The first kappa shape index (κ1) is 12.6. The van der Waals surface area contributed by atoms with E-state index in [9.17, 15) is 5.11 Å². The van der Waals surface area contributed by atoms with Gasteiger partial charge >= 0.3 is 0 Å². The molecule has 1 unspecified atom stereocenters. The van der Waals surface area contributed by atoms with Crippen LogP contribution in [0, 0.1) is 20.8 Å². The zero-order valence-corrected chi connectivity index (χ0v) is 10.9. The fourth-order valence-electron chi connectivity index (χ4n) is 2.17. The lowest BCUT2D eigenvalue weighted by Gasteiger charge is -2.18. The highest BCUT2D eigenvalue weighted by atomic mass is 16.3. The number of nitrogens with zero attached hydrogens (tertiary/aromatic N) is 1. The topological polar surface area (TPSA) is 59.1 Å². The summed E-state index contributed by atoms with van der Waals surface area (Å²) in [5.74, 6) is 0.392. The summed E-state index contributed by atoms with van der Waals surface area (Å²) in [6, 6.07) is 7.77. The Morgan fingerprint density at radius 1 is 1.11 bits per heavy atom. The molecule has 0 amide bonds. The van der Waals surface area contributed by atoms with Crippen molar-refractivity contribution in [2.75, 3.05) is 5.73 Å². The fourth-order valence-corrected chi connectivity index (χ4v) is 2.17. The number of pyridine rings is 1. The highest BCUT2D eigenvalue weighted by Crippen LogP contribution is 2.30. The second kappa shape index (κ2) is 4.78. The van der Waals surface area contributed by atoms with Gasteiger partial charge in [0.05, 0.1) is 0 Å². The lowest BCUT2D eigenvalue weighted by molar-refractivity contribution is 0.219. The number of hydrogen-bond donors (Lipinski definition) is 2. The normalized spacial score (nSPS) is 12.4. The molecule has 3 heteroatoms. The summed E-state index contributed by atoms with van der Waals surface area (Å²) in [4.78, 5) is 4.06. The molecular formula is C15H18N2O. The van der Waals surface area contributed by atoms with Crippen LogP contribution >= 0.6 is 0 Å². The minimum Gasteiger partial charge on any atom is -0.383 e. The molecule has 0 fully saturated rings. The SMILES string of the molecule is Cc1cccc(C(O)c2c(C)ccnc2N)c1C. The third kappa shape index (κ3) is 2.09. The molecule has 0 saturated carbocycles. The first-order valence-corrected chi connectivity index (χ1v) is 5.97. The van der Waals surface area contributed by atoms with E-state index in [1.807, 2.05) is 45.0 Å². The van der Waals surface area contributed by atoms with Crippen molar-refractivity contribution in [1.29, 1.82) is 0 Å². The maximum Gasteiger partial charge on any atom is 0.129 e. The van der Waals surface area contributed by atoms with Crippen molar-refractivity contribution < 1.29 is 5.11 Å². The summed E-state index contributed by atoms with van der Waals surface area (Å²) >= 11 is 0. The number of nitrogen functional groups attached to an aromatic ring is 1. The molecule has 3 nitrogen and oxygen atoms in total. The Labute approximate surface area is 107 Å². The molecule has 0 spiro atoms. The van der Waals surface area contributed by atoms with Crippen molar-refractivity contribution in [3.63, 3.8) is 0 Å². The van der Waals surface area contributed by atoms with Crippen LogP contribution < -0.4 is 5.73 Å². The maximum atomic E-state index is 10.5. The summed E-state index contributed by atoms with van der Waals surface area (Å²) in [7, 11) is 0. The van der Waals surface area contributed by atoms with E-state index in [2.05, 4.69) is 4.98 Å². The zero-order valence-electron chi connectivity index (χ0n) is 10.9. The standard InChI is InChI=1S/C15H18N2O/c1-9-5-4-6-12(11(9)3)14(18)13-10(2)7-8-17-15(13)16/h4-8,14,18H,1-3H3,(H2,16,17). The molecule has 1 atom stereocenters. The fraction of sp³-hybridized carbons (Fsp3) is 0.267. The number of anilines is 1. The lowest BCUT2D eigenvalue weighted by Crippen LogP contribution is -2.09. The van der Waals surface area contributed by atoms with Crippen molar-refractivity contribution in [3.05, 3.63) is 58.3 Å². The third-order valence-corrected chi connectivity index (χ3v) is 3.45. The van der Waals surface area contributed by atoms with Gasteiger partial charge in [-0.3, -0.25) is 0 Å². The first-order chi connectivity index (χ1) is 8.52. The van der Waals surface area contributed by atoms with Crippen LogP contribution in [-0.2, 0) is 0 Å². The van der Waals surface area contributed by atoms with Crippen molar-refractivity contribution in [2.45, 2.75) is 26.9 Å². The van der Waals surface area contributed by atoms with Crippen molar-refractivity contribution in [2.24, 2.45) is 0 Å². The van der Waals surface area contributed by atoms with E-state index in [0.717, 1.165) is 22.3 Å². The van der Waals surface area contributed by atoms with Gasteiger partial charge in [0.15, 0.2) is 0 Å². The predicted octanol–water partition coefficient (Wildman–Crippen LogP) is 2.67. The van der Waals surface area contributed by atoms with Crippen LogP contribution in [-0.4, -0.2) is 10.1 Å². The molecule has 0 saturated heterocycles. The quantitative estimate of drug-likeness (QED) is 0.851. The van der Waals surface area contributed by atoms with Gasteiger partial charge in [0.25, 0.3) is 0 Å². The molecule has 3 N–H and O–H groups in total. The molecule has 0 bridgehead atoms. The Bertz CT molecular complexity index is 558. The third-order valence-electron chi connectivity index (χ3n) is 3.45. The minimum absolute atomic E-state index is 0.392. The monoisotopic (exact) mass is 242 g/mol. The summed E-state index contributed by atoms with van der Waals surface area (Å²) in [6.45, 7) is 5.97. The predicted molar refractivity (Wildman–Crippen MR) is 73.4 cm³/mol. The Balaban J connectivity index is 2.55. The van der Waals surface area contributed by atoms with Crippen LogP contribution in [0.2, 0.25) is 0 Å². The molecule has 2 aromatic rings. The number of rotatable bonds is 2. The van der Waals surface area contributed by atoms with Gasteiger partial charge < -0.3 is 10.8 Å². The van der Waals surface area contributed by atoms with E-state index >= 15 is 0 Å². The van der Waals surface area contributed by atoms with Crippen LogP contribution in [0.4, 0.5) is 5.82 Å². The van der Waals surface area contributed by atoms with Crippen molar-refractivity contribution >= 4 is 5.82 Å². The number of benzene rings is 1. The van der Waals surface area contributed by atoms with E-state index in [1.165, 1.54) is 0 Å². The van der Waals surface area contributed by atoms with Gasteiger partial charge in [-0.05, 0) is 49.1 Å². The Kier molecular flexibility index (Phi) is 3.34. The average molecular weight is 242 g/mol. The molecule has 94 valence electrons. The van der Waals surface area contributed by atoms with Gasteiger partial charge in [-0.15, -0.1) is 0 Å². The number of aliphatic hydroxyl groups is 1. The van der Waals surface area contributed by atoms with E-state index in [0.29, 0.717) is 11.4 Å². The second-order valence-corrected chi connectivity index (χ2v) is 4.62. The van der Waals surface area contributed by atoms with Crippen LogP contribution in [0.15, 0.2) is 30.5 Å². The lowest BCUT2D eigenvalue weighted by atomic mass is 9.93. The van der Waals surface area contributed by atoms with Crippen LogP contribution in [0.5, 0.6) is 0 Å². The number of hydrogen-bond acceptors (Lipinski definition) is 3. The van der Waals surface area contributed by atoms with E-state index in [4.69, 9.17) is 5.73 Å². The molecule has 0 aliphatic rings. The molecule has 0 aliphatic heterocycles. The number of aromatic nitrogens is 1. The smallest absolute Gasteiger partial charge is 0.129 e. The summed E-state index contributed by atoms with van der Waals surface area (Å²) < 4.78 is 0. The van der Waals surface area contributed by atoms with Crippen molar-refractivity contribution in [3.8, 4) is 0 Å². The maximum absolute atomic E-state index is 10.5. The molecule has 2 rings (SSSR count). The van der Waals surface area contributed by atoms with Gasteiger partial charge in [-0.2, -0.15) is 0 Å². The minimum atomic E-state index is -0.724. The van der Waals surface area contributed by atoms with Crippen LogP contribution in [0.3, 0.4) is 0 Å².